The van der Waals surface area contributed by atoms with Gasteiger partial charge < -0.3 is 10.4 Å². The number of thiazole rings is 1. The van der Waals surface area contributed by atoms with Crippen LogP contribution in [0.1, 0.15) is 21.5 Å². The van der Waals surface area contributed by atoms with Gasteiger partial charge in [0.1, 0.15) is 0 Å². The molecule has 2 N–H and O–H groups in total. The molecule has 0 aliphatic carbocycles. The van der Waals surface area contributed by atoms with Crippen LogP contribution in [-0.2, 0) is 6.54 Å². The predicted molar refractivity (Wildman–Crippen MR) is 85.1 cm³/mol. The van der Waals surface area contributed by atoms with Crippen molar-refractivity contribution >= 4 is 32.7 Å². The van der Waals surface area contributed by atoms with E-state index in [4.69, 9.17) is 5.11 Å². The number of carboxylic acids is 1. The summed E-state index contributed by atoms with van der Waals surface area (Å²) in [5.41, 5.74) is 3.53. The van der Waals surface area contributed by atoms with Gasteiger partial charge in [0, 0.05) is 6.54 Å². The highest BCUT2D eigenvalue weighted by Crippen LogP contribution is 2.27. The summed E-state index contributed by atoms with van der Waals surface area (Å²) >= 11 is 1.47. The number of hydrogen-bond acceptors (Lipinski definition) is 4. The van der Waals surface area contributed by atoms with Crippen molar-refractivity contribution in [2.45, 2.75) is 13.5 Å². The maximum absolute atomic E-state index is 11.0. The first-order chi connectivity index (χ1) is 10.1. The Kier molecular flexibility index (Phi) is 3.58. The number of benzene rings is 2. The molecular formula is C16H14N2O2S. The number of aromatic carboxylic acids is 1. The second-order valence-electron chi connectivity index (χ2n) is 4.85. The first-order valence-electron chi connectivity index (χ1n) is 6.55. The third kappa shape index (κ3) is 3.03. The number of anilines is 1. The van der Waals surface area contributed by atoms with Crippen LogP contribution in [0.4, 0.5) is 5.13 Å². The summed E-state index contributed by atoms with van der Waals surface area (Å²) in [5, 5.41) is 13.1. The zero-order chi connectivity index (χ0) is 14.8. The van der Waals surface area contributed by atoms with E-state index in [0.717, 1.165) is 15.3 Å². The molecule has 106 valence electrons. The molecule has 1 aromatic heterocycles. The molecule has 2 aromatic carbocycles. The summed E-state index contributed by atoms with van der Waals surface area (Å²) in [6, 6.07) is 13.3. The number of rotatable bonds is 4. The summed E-state index contributed by atoms with van der Waals surface area (Å²) < 4.78 is 0.876. The van der Waals surface area contributed by atoms with E-state index in [1.807, 2.05) is 0 Å². The zero-order valence-electron chi connectivity index (χ0n) is 11.5. The van der Waals surface area contributed by atoms with Crippen LogP contribution in [0.3, 0.4) is 0 Å². The minimum absolute atomic E-state index is 0.288. The lowest BCUT2D eigenvalue weighted by atomic mass is 10.1. The molecule has 0 saturated heterocycles. The largest absolute Gasteiger partial charge is 0.478 e. The molecule has 0 spiro atoms. The quantitative estimate of drug-likeness (QED) is 0.766. The summed E-state index contributed by atoms with van der Waals surface area (Å²) in [6.07, 6.45) is 0. The van der Waals surface area contributed by atoms with E-state index in [-0.39, 0.29) is 5.56 Å². The maximum atomic E-state index is 11.0. The molecular weight excluding hydrogens is 284 g/mol. The van der Waals surface area contributed by atoms with Crippen molar-refractivity contribution in [1.82, 2.24) is 4.98 Å². The molecule has 5 heteroatoms. The van der Waals surface area contributed by atoms with E-state index in [9.17, 15) is 4.79 Å². The van der Waals surface area contributed by atoms with Gasteiger partial charge >= 0.3 is 5.97 Å². The highest BCUT2D eigenvalue weighted by atomic mass is 32.1. The molecule has 0 saturated carbocycles. The predicted octanol–water partition coefficient (Wildman–Crippen LogP) is 3.92. The van der Waals surface area contributed by atoms with Gasteiger partial charge in [-0.2, -0.15) is 0 Å². The van der Waals surface area contributed by atoms with Gasteiger partial charge in [-0.3, -0.25) is 0 Å². The molecule has 0 aliphatic heterocycles. The van der Waals surface area contributed by atoms with Crippen molar-refractivity contribution in [3.8, 4) is 0 Å². The van der Waals surface area contributed by atoms with Crippen LogP contribution in [0.15, 0.2) is 42.5 Å². The average Bonchev–Trinajstić information content (AvgIpc) is 2.88. The topological polar surface area (TPSA) is 62.2 Å². The Morgan fingerprint density at radius 3 is 2.71 bits per heavy atom. The van der Waals surface area contributed by atoms with Gasteiger partial charge in [0.25, 0.3) is 0 Å². The number of nitrogens with one attached hydrogen (secondary N) is 1. The van der Waals surface area contributed by atoms with Gasteiger partial charge in [0.2, 0.25) is 0 Å². The van der Waals surface area contributed by atoms with Gasteiger partial charge in [0.15, 0.2) is 5.13 Å². The summed E-state index contributed by atoms with van der Waals surface area (Å²) in [7, 11) is 0. The van der Waals surface area contributed by atoms with Crippen molar-refractivity contribution in [3.63, 3.8) is 0 Å². The lowest BCUT2D eigenvalue weighted by Crippen LogP contribution is -1.98. The number of fused-ring (bicyclic) bond motifs is 1. The maximum Gasteiger partial charge on any atom is 0.335 e. The van der Waals surface area contributed by atoms with Gasteiger partial charge in [-0.15, -0.1) is 0 Å². The second kappa shape index (κ2) is 5.54. The minimum atomic E-state index is -0.917. The third-order valence-corrected chi connectivity index (χ3v) is 4.18. The Hall–Kier alpha value is -2.40. The van der Waals surface area contributed by atoms with E-state index in [1.165, 1.54) is 22.5 Å². The van der Waals surface area contributed by atoms with Crippen LogP contribution in [0.25, 0.3) is 10.2 Å². The lowest BCUT2D eigenvalue weighted by molar-refractivity contribution is 0.0697. The highest BCUT2D eigenvalue weighted by molar-refractivity contribution is 7.22. The third-order valence-electron chi connectivity index (χ3n) is 3.20. The van der Waals surface area contributed by atoms with E-state index < -0.39 is 5.97 Å². The van der Waals surface area contributed by atoms with Gasteiger partial charge in [-0.05, 0) is 30.7 Å². The summed E-state index contributed by atoms with van der Waals surface area (Å²) in [6.45, 7) is 2.76. The van der Waals surface area contributed by atoms with Crippen LogP contribution in [0.5, 0.6) is 0 Å². The monoisotopic (exact) mass is 298 g/mol. The molecule has 4 nitrogen and oxygen atoms in total. The Balaban J connectivity index is 1.78. The Labute approximate surface area is 126 Å². The Morgan fingerprint density at radius 1 is 1.24 bits per heavy atom. The zero-order valence-corrected chi connectivity index (χ0v) is 12.3. The number of aryl methyl sites for hydroxylation is 1. The fourth-order valence-corrected chi connectivity index (χ4v) is 2.92. The SMILES string of the molecule is Cc1ccc(CNc2nc3ccc(C(=O)O)cc3s2)cc1. The molecule has 0 amide bonds. The van der Waals surface area contributed by atoms with Gasteiger partial charge in [-0.1, -0.05) is 41.2 Å². The molecule has 0 aliphatic rings. The summed E-state index contributed by atoms with van der Waals surface area (Å²) in [5.74, 6) is -0.917. The Morgan fingerprint density at radius 2 is 2.00 bits per heavy atom. The second-order valence-corrected chi connectivity index (χ2v) is 5.88. The number of nitrogens with zero attached hydrogens (tertiary/aromatic N) is 1. The molecule has 0 fully saturated rings. The van der Waals surface area contributed by atoms with Crippen molar-refractivity contribution in [1.29, 1.82) is 0 Å². The first-order valence-corrected chi connectivity index (χ1v) is 7.37. The fourth-order valence-electron chi connectivity index (χ4n) is 2.02. The van der Waals surface area contributed by atoms with E-state index in [0.29, 0.717) is 6.54 Å². The smallest absolute Gasteiger partial charge is 0.335 e. The standard InChI is InChI=1S/C16H14N2O2S/c1-10-2-4-11(5-3-10)9-17-16-18-13-7-6-12(15(19)20)8-14(13)21-16/h2-8H,9H2,1H3,(H,17,18)(H,19,20). The molecule has 0 atom stereocenters. The average molecular weight is 298 g/mol. The molecule has 21 heavy (non-hydrogen) atoms. The van der Waals surface area contributed by atoms with Crippen molar-refractivity contribution in [2.75, 3.05) is 5.32 Å². The molecule has 0 unspecified atom stereocenters. The van der Waals surface area contributed by atoms with E-state index in [1.54, 1.807) is 18.2 Å². The van der Waals surface area contributed by atoms with Crippen molar-refractivity contribution in [2.24, 2.45) is 0 Å². The first kappa shape index (κ1) is 13.6. The van der Waals surface area contributed by atoms with Crippen molar-refractivity contribution < 1.29 is 9.90 Å². The fraction of sp³-hybridized carbons (Fsp3) is 0.125. The Bertz CT molecular complexity index is 794. The number of aromatic nitrogens is 1. The normalized spacial score (nSPS) is 10.7. The summed E-state index contributed by atoms with van der Waals surface area (Å²) in [4.78, 5) is 15.4. The molecule has 3 aromatic rings. The van der Waals surface area contributed by atoms with Crippen LogP contribution < -0.4 is 5.32 Å². The number of carboxylic acid groups (broad SMARTS) is 1. The van der Waals surface area contributed by atoms with Crippen LogP contribution in [0, 0.1) is 6.92 Å². The number of carbonyl (C=O) groups is 1. The van der Waals surface area contributed by atoms with Crippen LogP contribution in [0.2, 0.25) is 0 Å². The van der Waals surface area contributed by atoms with Gasteiger partial charge in [0.05, 0.1) is 15.8 Å². The molecule has 1 heterocycles. The molecule has 0 bridgehead atoms. The molecule has 0 radical (unpaired) electrons. The van der Waals surface area contributed by atoms with Crippen LogP contribution >= 0.6 is 11.3 Å². The van der Waals surface area contributed by atoms with Gasteiger partial charge in [-0.25, -0.2) is 9.78 Å². The lowest BCUT2D eigenvalue weighted by Gasteiger charge is -2.02. The molecule has 3 rings (SSSR count). The minimum Gasteiger partial charge on any atom is -0.478 e. The van der Waals surface area contributed by atoms with Crippen LogP contribution in [-0.4, -0.2) is 16.1 Å². The van der Waals surface area contributed by atoms with Crippen molar-refractivity contribution in [3.05, 3.63) is 59.2 Å². The van der Waals surface area contributed by atoms with E-state index in [2.05, 4.69) is 41.5 Å². The highest BCUT2D eigenvalue weighted by Gasteiger charge is 2.08. The number of hydrogen-bond donors (Lipinski definition) is 2. The van der Waals surface area contributed by atoms with E-state index >= 15 is 0 Å².